The predicted octanol–water partition coefficient (Wildman–Crippen LogP) is 3.06. The van der Waals surface area contributed by atoms with Crippen molar-refractivity contribution in [2.45, 2.75) is 0 Å². The summed E-state index contributed by atoms with van der Waals surface area (Å²) >= 11 is 5.77. The zero-order valence-electron chi connectivity index (χ0n) is 6.76. The van der Waals surface area contributed by atoms with Gasteiger partial charge in [0, 0.05) is 23.2 Å². The molecule has 0 atom stereocenters. The monoisotopic (exact) mass is 194 g/mol. The highest BCUT2D eigenvalue weighted by Crippen LogP contribution is 2.12. The first kappa shape index (κ1) is 9.58. The van der Waals surface area contributed by atoms with E-state index in [0.29, 0.717) is 11.7 Å². The summed E-state index contributed by atoms with van der Waals surface area (Å²) in [6.45, 7) is 0.321. The molecule has 0 aliphatic heterocycles. The Labute approximate surface area is 80.5 Å². The van der Waals surface area contributed by atoms with Crippen LogP contribution >= 0.6 is 11.6 Å². The first-order chi connectivity index (χ1) is 6.34. The Morgan fingerprint density at radius 3 is 3.23 bits per heavy atom. The molecule has 0 N–H and O–H groups in total. The Hall–Kier alpha value is -1.51. The first-order valence-electron chi connectivity index (χ1n) is 3.62. The highest BCUT2D eigenvalue weighted by atomic mass is 35.5. The van der Waals surface area contributed by atoms with Crippen molar-refractivity contribution in [1.82, 2.24) is 4.98 Å². The molecule has 66 valence electrons. The van der Waals surface area contributed by atoms with E-state index in [1.165, 1.54) is 0 Å². The molecule has 1 heterocycles. The molecule has 1 aromatic rings. The largest absolute Gasteiger partial charge is 0.244 e. The maximum absolute atomic E-state index is 8.00. The molecule has 1 aromatic heterocycles. The van der Waals surface area contributed by atoms with Crippen molar-refractivity contribution >= 4 is 17.7 Å². The van der Waals surface area contributed by atoms with Crippen molar-refractivity contribution < 1.29 is 0 Å². The maximum Gasteiger partial charge on any atom is 0.136 e. The van der Waals surface area contributed by atoms with E-state index in [2.05, 4.69) is 15.0 Å². The number of hydrogen-bond acceptors (Lipinski definition) is 2. The van der Waals surface area contributed by atoms with Crippen LogP contribution in [0.15, 0.2) is 29.5 Å². The van der Waals surface area contributed by atoms with Crippen LogP contribution in [-0.2, 0) is 0 Å². The Bertz CT molecular complexity index is 355. The number of nitrogens with zero attached hydrogens (tertiary/aromatic N) is 4. The third-order valence-corrected chi connectivity index (χ3v) is 1.65. The van der Waals surface area contributed by atoms with Gasteiger partial charge in [0.2, 0.25) is 0 Å². The van der Waals surface area contributed by atoms with E-state index in [0.717, 1.165) is 5.56 Å². The Morgan fingerprint density at radius 2 is 2.54 bits per heavy atom. The maximum atomic E-state index is 8.00. The minimum Gasteiger partial charge on any atom is -0.244 e. The zero-order valence-corrected chi connectivity index (χ0v) is 7.52. The number of rotatable bonds is 3. The van der Waals surface area contributed by atoms with E-state index in [1.807, 2.05) is 6.07 Å². The van der Waals surface area contributed by atoms with E-state index in [4.69, 9.17) is 17.1 Å². The Balaban J connectivity index is 2.68. The Kier molecular flexibility index (Phi) is 3.82. The van der Waals surface area contributed by atoms with Crippen LogP contribution in [0.5, 0.6) is 0 Å². The number of azide groups is 1. The van der Waals surface area contributed by atoms with Crippen molar-refractivity contribution in [1.29, 1.82) is 0 Å². The van der Waals surface area contributed by atoms with Crippen LogP contribution in [0.2, 0.25) is 5.15 Å². The highest BCUT2D eigenvalue weighted by Gasteiger charge is 1.93. The Morgan fingerprint density at radius 1 is 1.69 bits per heavy atom. The minimum atomic E-state index is 0.321. The van der Waals surface area contributed by atoms with Crippen molar-refractivity contribution in [3.8, 4) is 0 Å². The van der Waals surface area contributed by atoms with Gasteiger partial charge in [0.05, 0.1) is 0 Å². The molecular formula is C8H7ClN4. The fourth-order valence-electron chi connectivity index (χ4n) is 0.786. The lowest BCUT2D eigenvalue weighted by Gasteiger charge is -1.93. The first-order valence-corrected chi connectivity index (χ1v) is 4.00. The molecule has 0 spiro atoms. The van der Waals surface area contributed by atoms with E-state index < -0.39 is 0 Å². The summed E-state index contributed by atoms with van der Waals surface area (Å²) in [4.78, 5) is 6.50. The number of halogens is 1. The van der Waals surface area contributed by atoms with Crippen LogP contribution in [0.1, 0.15) is 5.56 Å². The molecule has 0 saturated carbocycles. The van der Waals surface area contributed by atoms with Gasteiger partial charge in [-0.25, -0.2) is 4.98 Å². The molecular weight excluding hydrogens is 188 g/mol. The van der Waals surface area contributed by atoms with E-state index in [-0.39, 0.29) is 0 Å². The molecule has 0 unspecified atom stereocenters. The fourth-order valence-corrected chi connectivity index (χ4v) is 0.968. The van der Waals surface area contributed by atoms with Crippen molar-refractivity contribution in [2.75, 3.05) is 6.54 Å². The van der Waals surface area contributed by atoms with Gasteiger partial charge in [0.1, 0.15) is 5.15 Å². The van der Waals surface area contributed by atoms with Crippen molar-refractivity contribution in [3.63, 3.8) is 0 Å². The lowest BCUT2D eigenvalue weighted by Crippen LogP contribution is -1.78. The van der Waals surface area contributed by atoms with E-state index >= 15 is 0 Å². The van der Waals surface area contributed by atoms with Crippen LogP contribution in [0.4, 0.5) is 0 Å². The topological polar surface area (TPSA) is 61.7 Å². The lowest BCUT2D eigenvalue weighted by molar-refractivity contribution is 1.22. The quantitative estimate of drug-likeness (QED) is 0.316. The average molecular weight is 195 g/mol. The van der Waals surface area contributed by atoms with E-state index in [1.54, 1.807) is 24.4 Å². The van der Waals surface area contributed by atoms with Gasteiger partial charge in [-0.15, -0.1) is 0 Å². The van der Waals surface area contributed by atoms with Gasteiger partial charge < -0.3 is 0 Å². The molecule has 0 saturated heterocycles. The third kappa shape index (κ3) is 3.15. The van der Waals surface area contributed by atoms with Gasteiger partial charge in [0.15, 0.2) is 0 Å². The standard InChI is InChI=1S/C8H7ClN4/c9-8-7(3-1-5-11-8)4-2-6-12-13-10/h1-5H,6H2. The summed E-state index contributed by atoms with van der Waals surface area (Å²) in [5.41, 5.74) is 8.82. The molecule has 0 fully saturated rings. The van der Waals surface area contributed by atoms with Gasteiger partial charge in [-0.3, -0.25) is 0 Å². The SMILES string of the molecule is [N-]=[N+]=NCC=Cc1cccnc1Cl. The molecule has 0 amide bonds. The van der Waals surface area contributed by atoms with Gasteiger partial charge in [-0.05, 0) is 11.6 Å². The van der Waals surface area contributed by atoms with Crippen molar-refractivity contribution in [2.24, 2.45) is 5.11 Å². The fraction of sp³-hybridized carbons (Fsp3) is 0.125. The molecule has 0 radical (unpaired) electrons. The van der Waals surface area contributed by atoms with Crippen molar-refractivity contribution in [3.05, 3.63) is 45.6 Å². The van der Waals surface area contributed by atoms with Crippen LogP contribution in [0, 0.1) is 0 Å². The van der Waals surface area contributed by atoms with Crippen LogP contribution in [0.25, 0.3) is 16.5 Å². The number of aromatic nitrogens is 1. The van der Waals surface area contributed by atoms with Gasteiger partial charge >= 0.3 is 0 Å². The summed E-state index contributed by atoms with van der Waals surface area (Å²) in [5.74, 6) is 0. The molecule has 0 aliphatic rings. The minimum absolute atomic E-state index is 0.321. The second kappa shape index (κ2) is 5.19. The molecule has 0 aromatic carbocycles. The second-order valence-corrected chi connectivity index (χ2v) is 2.56. The summed E-state index contributed by atoms with van der Waals surface area (Å²) in [6.07, 6.45) is 5.11. The molecule has 0 aliphatic carbocycles. The molecule has 1 rings (SSSR count). The summed E-state index contributed by atoms with van der Waals surface area (Å²) in [7, 11) is 0. The van der Waals surface area contributed by atoms with Crippen LogP contribution in [-0.4, -0.2) is 11.5 Å². The molecule has 13 heavy (non-hydrogen) atoms. The molecule has 5 heteroatoms. The zero-order chi connectivity index (χ0) is 9.52. The highest BCUT2D eigenvalue weighted by molar-refractivity contribution is 6.30. The second-order valence-electron chi connectivity index (χ2n) is 2.20. The van der Waals surface area contributed by atoms with Gasteiger partial charge in [0.25, 0.3) is 0 Å². The van der Waals surface area contributed by atoms with Crippen LogP contribution < -0.4 is 0 Å². The molecule has 4 nitrogen and oxygen atoms in total. The summed E-state index contributed by atoms with van der Waals surface area (Å²) < 4.78 is 0. The van der Waals surface area contributed by atoms with Crippen LogP contribution in [0.3, 0.4) is 0 Å². The van der Waals surface area contributed by atoms with Gasteiger partial charge in [-0.1, -0.05) is 34.9 Å². The predicted molar refractivity (Wildman–Crippen MR) is 52.3 cm³/mol. The number of pyridine rings is 1. The average Bonchev–Trinajstić information content (AvgIpc) is 2.15. The number of hydrogen-bond donors (Lipinski definition) is 0. The summed E-state index contributed by atoms with van der Waals surface area (Å²) in [5, 5.41) is 3.79. The van der Waals surface area contributed by atoms with E-state index in [9.17, 15) is 0 Å². The normalized spacial score (nSPS) is 9.92. The lowest BCUT2D eigenvalue weighted by atomic mass is 10.2. The smallest absolute Gasteiger partial charge is 0.136 e. The third-order valence-electron chi connectivity index (χ3n) is 1.34. The molecule has 0 bridgehead atoms. The van der Waals surface area contributed by atoms with Gasteiger partial charge in [-0.2, -0.15) is 0 Å². The summed E-state index contributed by atoms with van der Waals surface area (Å²) in [6, 6.07) is 3.63.